The molecule has 22 heavy (non-hydrogen) atoms. The number of nitrogens with zero attached hydrogens (tertiary/aromatic N) is 5. The summed E-state index contributed by atoms with van der Waals surface area (Å²) in [6.07, 6.45) is 3.85. The van der Waals surface area contributed by atoms with Crippen molar-refractivity contribution < 1.29 is 9.53 Å². The average molecular weight is 305 g/mol. The molecule has 0 aromatic carbocycles. The molecule has 1 amide bonds. The minimum atomic E-state index is -0.586. The number of hydrogen-bond acceptors (Lipinski definition) is 5. The number of morpholine rings is 1. The second-order valence-corrected chi connectivity index (χ2v) is 5.63. The van der Waals surface area contributed by atoms with Crippen LogP contribution in [0, 0.1) is 11.3 Å². The van der Waals surface area contributed by atoms with Gasteiger partial charge in [-0.2, -0.15) is 10.4 Å². The van der Waals surface area contributed by atoms with Gasteiger partial charge in [0.2, 0.25) is 5.91 Å². The molecular formula is C14H19N5O3. The molecule has 0 aliphatic carbocycles. The molecule has 0 radical (unpaired) electrons. The maximum absolute atomic E-state index is 12.4. The first-order valence-electron chi connectivity index (χ1n) is 7.64. The zero-order valence-corrected chi connectivity index (χ0v) is 12.4. The molecular weight excluding hydrogens is 286 g/mol. The van der Waals surface area contributed by atoms with E-state index in [9.17, 15) is 9.59 Å². The molecule has 0 bridgehead atoms. The molecule has 1 fully saturated rings. The molecule has 0 N–H and O–H groups in total. The van der Waals surface area contributed by atoms with Gasteiger partial charge in [-0.25, -0.2) is 9.48 Å². The van der Waals surface area contributed by atoms with Crippen LogP contribution in [0.3, 0.4) is 0 Å². The van der Waals surface area contributed by atoms with Crippen LogP contribution in [-0.2, 0) is 29.0 Å². The predicted molar refractivity (Wildman–Crippen MR) is 76.0 cm³/mol. The first kappa shape index (κ1) is 14.8. The molecule has 1 saturated heterocycles. The summed E-state index contributed by atoms with van der Waals surface area (Å²) in [5.74, 6) is 0.499. The fourth-order valence-electron chi connectivity index (χ4n) is 2.96. The molecule has 118 valence electrons. The summed E-state index contributed by atoms with van der Waals surface area (Å²) < 4.78 is 8.10. The Morgan fingerprint density at radius 3 is 3.05 bits per heavy atom. The predicted octanol–water partition coefficient (Wildman–Crippen LogP) is -0.478. The second kappa shape index (κ2) is 6.32. The van der Waals surface area contributed by atoms with Crippen LogP contribution in [0.4, 0.5) is 0 Å². The van der Waals surface area contributed by atoms with E-state index < -0.39 is 6.04 Å². The van der Waals surface area contributed by atoms with Gasteiger partial charge in [0.1, 0.15) is 18.4 Å². The third kappa shape index (κ3) is 2.76. The van der Waals surface area contributed by atoms with Crippen molar-refractivity contribution in [2.75, 3.05) is 19.8 Å². The van der Waals surface area contributed by atoms with Gasteiger partial charge < -0.3 is 9.64 Å². The highest BCUT2D eigenvalue weighted by atomic mass is 16.5. The first-order valence-corrected chi connectivity index (χ1v) is 7.64. The van der Waals surface area contributed by atoms with Gasteiger partial charge in [-0.3, -0.25) is 9.36 Å². The molecule has 3 rings (SSSR count). The molecule has 2 aliphatic heterocycles. The van der Waals surface area contributed by atoms with Gasteiger partial charge in [-0.1, -0.05) is 6.42 Å². The summed E-state index contributed by atoms with van der Waals surface area (Å²) >= 11 is 0. The maximum Gasteiger partial charge on any atom is 0.346 e. The largest absolute Gasteiger partial charge is 0.376 e. The van der Waals surface area contributed by atoms with Gasteiger partial charge in [0.05, 0.1) is 19.3 Å². The van der Waals surface area contributed by atoms with Gasteiger partial charge in [0, 0.05) is 19.5 Å². The minimum Gasteiger partial charge on any atom is -0.376 e. The Balaban J connectivity index is 1.77. The summed E-state index contributed by atoms with van der Waals surface area (Å²) in [5, 5.41) is 13.4. The summed E-state index contributed by atoms with van der Waals surface area (Å²) in [7, 11) is 0. The fourth-order valence-corrected chi connectivity index (χ4v) is 2.96. The van der Waals surface area contributed by atoms with Crippen molar-refractivity contribution in [3.63, 3.8) is 0 Å². The average Bonchev–Trinajstić information content (AvgIpc) is 2.71. The molecule has 1 unspecified atom stereocenters. The summed E-state index contributed by atoms with van der Waals surface area (Å²) in [6, 6.07) is 1.47. The Labute approximate surface area is 127 Å². The van der Waals surface area contributed by atoms with E-state index in [1.807, 2.05) is 0 Å². The van der Waals surface area contributed by atoms with Crippen molar-refractivity contribution in [2.45, 2.75) is 44.8 Å². The third-order valence-corrected chi connectivity index (χ3v) is 4.16. The zero-order chi connectivity index (χ0) is 15.5. The number of carbonyl (C=O) groups is 1. The van der Waals surface area contributed by atoms with Gasteiger partial charge in [-0.05, 0) is 12.8 Å². The summed E-state index contributed by atoms with van der Waals surface area (Å²) in [5.41, 5.74) is -0.230. The highest BCUT2D eigenvalue weighted by Crippen LogP contribution is 2.11. The number of aromatic nitrogens is 3. The van der Waals surface area contributed by atoms with E-state index in [0.29, 0.717) is 19.7 Å². The van der Waals surface area contributed by atoms with Crippen LogP contribution >= 0.6 is 0 Å². The van der Waals surface area contributed by atoms with E-state index in [4.69, 9.17) is 10.00 Å². The Morgan fingerprint density at radius 1 is 1.36 bits per heavy atom. The van der Waals surface area contributed by atoms with Crippen molar-refractivity contribution in [1.29, 1.82) is 5.26 Å². The molecule has 3 heterocycles. The highest BCUT2D eigenvalue weighted by Gasteiger charge is 2.28. The van der Waals surface area contributed by atoms with E-state index in [1.54, 1.807) is 4.57 Å². The monoisotopic (exact) mass is 305 g/mol. The van der Waals surface area contributed by atoms with Crippen LogP contribution in [0.1, 0.15) is 25.1 Å². The van der Waals surface area contributed by atoms with Crippen LogP contribution in [0.15, 0.2) is 4.79 Å². The van der Waals surface area contributed by atoms with E-state index in [0.717, 1.165) is 31.5 Å². The Bertz CT molecular complexity index is 656. The van der Waals surface area contributed by atoms with Crippen molar-refractivity contribution in [3.8, 4) is 6.07 Å². The molecule has 8 nitrogen and oxygen atoms in total. The van der Waals surface area contributed by atoms with Crippen molar-refractivity contribution in [3.05, 3.63) is 16.3 Å². The lowest BCUT2D eigenvalue weighted by atomic mass is 10.2. The number of rotatable bonds is 2. The Morgan fingerprint density at radius 2 is 2.23 bits per heavy atom. The standard InChI is InChI=1S/C14H19N5O3/c15-8-11-10-22-7-6-17(11)13(20)9-19-14(21)18-5-3-1-2-4-12(18)16-19/h11H,1-7,9-10H2. The lowest BCUT2D eigenvalue weighted by molar-refractivity contribution is -0.138. The number of carbonyl (C=O) groups excluding carboxylic acids is 1. The van der Waals surface area contributed by atoms with E-state index in [1.165, 1.54) is 9.58 Å². The van der Waals surface area contributed by atoms with E-state index in [-0.39, 0.29) is 24.7 Å². The Hall–Kier alpha value is -2.14. The van der Waals surface area contributed by atoms with E-state index in [2.05, 4.69) is 11.2 Å². The van der Waals surface area contributed by atoms with Crippen LogP contribution < -0.4 is 5.69 Å². The van der Waals surface area contributed by atoms with Crippen LogP contribution in [0.25, 0.3) is 0 Å². The van der Waals surface area contributed by atoms with Gasteiger partial charge in [0.15, 0.2) is 0 Å². The van der Waals surface area contributed by atoms with Crippen molar-refractivity contribution in [2.24, 2.45) is 0 Å². The number of hydrogen-bond donors (Lipinski definition) is 0. The topological polar surface area (TPSA) is 93.2 Å². The zero-order valence-electron chi connectivity index (χ0n) is 12.4. The maximum atomic E-state index is 12.4. The highest BCUT2D eigenvalue weighted by molar-refractivity contribution is 5.76. The lowest BCUT2D eigenvalue weighted by Gasteiger charge is -2.31. The molecule has 8 heteroatoms. The fraction of sp³-hybridized carbons (Fsp3) is 0.714. The molecule has 2 aliphatic rings. The number of ether oxygens (including phenoxy) is 1. The summed E-state index contributed by atoms with van der Waals surface area (Å²) in [6.45, 7) is 1.56. The molecule has 0 spiro atoms. The quantitative estimate of drug-likeness (QED) is 0.736. The second-order valence-electron chi connectivity index (χ2n) is 5.63. The number of nitriles is 1. The number of fused-ring (bicyclic) bond motifs is 1. The summed E-state index contributed by atoms with van der Waals surface area (Å²) in [4.78, 5) is 26.2. The van der Waals surface area contributed by atoms with Crippen LogP contribution in [0.5, 0.6) is 0 Å². The smallest absolute Gasteiger partial charge is 0.346 e. The SMILES string of the molecule is N#CC1COCCN1C(=O)Cn1nc2n(c1=O)CCCCC2. The van der Waals surface area contributed by atoms with Crippen molar-refractivity contribution in [1.82, 2.24) is 19.2 Å². The molecule has 1 atom stereocenters. The molecule has 1 aromatic rings. The van der Waals surface area contributed by atoms with Gasteiger partial charge in [-0.15, -0.1) is 0 Å². The normalized spacial score (nSPS) is 21.8. The van der Waals surface area contributed by atoms with Gasteiger partial charge in [0.25, 0.3) is 0 Å². The first-order chi connectivity index (χ1) is 10.7. The third-order valence-electron chi connectivity index (χ3n) is 4.16. The van der Waals surface area contributed by atoms with Gasteiger partial charge >= 0.3 is 5.69 Å². The molecule has 0 saturated carbocycles. The number of aryl methyl sites for hydroxylation is 1. The van der Waals surface area contributed by atoms with E-state index >= 15 is 0 Å². The van der Waals surface area contributed by atoms with Crippen LogP contribution in [-0.4, -0.2) is 51.0 Å². The number of amides is 1. The minimum absolute atomic E-state index is 0.114. The lowest BCUT2D eigenvalue weighted by Crippen LogP contribution is -2.49. The van der Waals surface area contributed by atoms with Crippen molar-refractivity contribution >= 4 is 5.91 Å². The van der Waals surface area contributed by atoms with Crippen LogP contribution in [0.2, 0.25) is 0 Å². The molecule has 1 aromatic heterocycles. The Kier molecular flexibility index (Phi) is 4.24.